The molecule has 0 N–H and O–H groups in total. The van der Waals surface area contributed by atoms with E-state index in [1.165, 1.54) is 5.56 Å². The Kier molecular flexibility index (Phi) is 5.59. The summed E-state index contributed by atoms with van der Waals surface area (Å²) in [4.78, 5) is 11.9. The Morgan fingerprint density at radius 2 is 1.82 bits per heavy atom. The van der Waals surface area contributed by atoms with Crippen molar-refractivity contribution in [2.24, 2.45) is 5.92 Å². The lowest BCUT2D eigenvalue weighted by Crippen LogP contribution is -2.10. The molecule has 0 aliphatic rings. The Hall–Kier alpha value is -2.29. The maximum absolute atomic E-state index is 11.9. The van der Waals surface area contributed by atoms with Crippen LogP contribution in [0.1, 0.15) is 35.3 Å². The molecule has 0 bridgehead atoms. The zero-order valence-electron chi connectivity index (χ0n) is 13.3. The van der Waals surface area contributed by atoms with Gasteiger partial charge < -0.3 is 9.47 Å². The van der Waals surface area contributed by atoms with Crippen molar-refractivity contribution in [2.45, 2.75) is 27.4 Å². The number of rotatable bonds is 6. The molecule has 3 nitrogen and oxygen atoms in total. The highest BCUT2D eigenvalue weighted by Gasteiger charge is 2.09. The van der Waals surface area contributed by atoms with Crippen molar-refractivity contribution in [1.82, 2.24) is 0 Å². The van der Waals surface area contributed by atoms with Gasteiger partial charge in [-0.25, -0.2) is 4.79 Å². The minimum atomic E-state index is -0.311. The predicted molar refractivity (Wildman–Crippen MR) is 87.1 cm³/mol. The van der Waals surface area contributed by atoms with Gasteiger partial charge in [0.1, 0.15) is 12.4 Å². The molecule has 0 fully saturated rings. The minimum absolute atomic E-state index is 0.311. The first-order valence-electron chi connectivity index (χ1n) is 7.50. The summed E-state index contributed by atoms with van der Waals surface area (Å²) in [6.45, 7) is 6.97. The summed E-state index contributed by atoms with van der Waals surface area (Å²) >= 11 is 0. The lowest BCUT2D eigenvalue weighted by atomic mass is 10.2. The van der Waals surface area contributed by atoms with Crippen LogP contribution in [0.3, 0.4) is 0 Å². The molecule has 0 atom stereocenters. The Morgan fingerprint density at radius 1 is 1.09 bits per heavy atom. The van der Waals surface area contributed by atoms with Crippen molar-refractivity contribution in [1.29, 1.82) is 0 Å². The number of hydrogen-bond acceptors (Lipinski definition) is 3. The van der Waals surface area contributed by atoms with Crippen LogP contribution in [0.15, 0.2) is 48.5 Å². The van der Waals surface area contributed by atoms with E-state index in [1.54, 1.807) is 18.2 Å². The van der Waals surface area contributed by atoms with E-state index >= 15 is 0 Å². The van der Waals surface area contributed by atoms with E-state index < -0.39 is 0 Å². The average molecular weight is 298 g/mol. The van der Waals surface area contributed by atoms with E-state index in [0.29, 0.717) is 30.4 Å². The van der Waals surface area contributed by atoms with Gasteiger partial charge >= 0.3 is 5.97 Å². The zero-order valence-corrected chi connectivity index (χ0v) is 13.3. The number of ether oxygens (including phenoxy) is 2. The van der Waals surface area contributed by atoms with Crippen molar-refractivity contribution < 1.29 is 14.3 Å². The summed E-state index contributed by atoms with van der Waals surface area (Å²) in [7, 11) is 0. The van der Waals surface area contributed by atoms with E-state index in [9.17, 15) is 4.79 Å². The highest BCUT2D eigenvalue weighted by Crippen LogP contribution is 2.16. The van der Waals surface area contributed by atoms with E-state index in [4.69, 9.17) is 9.47 Å². The van der Waals surface area contributed by atoms with E-state index in [0.717, 1.165) is 5.56 Å². The first kappa shape index (κ1) is 16.1. The third kappa shape index (κ3) is 4.92. The fourth-order valence-corrected chi connectivity index (χ4v) is 1.89. The van der Waals surface area contributed by atoms with Crippen molar-refractivity contribution in [3.05, 3.63) is 65.2 Å². The molecule has 116 valence electrons. The van der Waals surface area contributed by atoms with Gasteiger partial charge in [-0.3, -0.25) is 0 Å². The van der Waals surface area contributed by atoms with Gasteiger partial charge in [-0.2, -0.15) is 0 Å². The number of aryl methyl sites for hydroxylation is 1. The van der Waals surface area contributed by atoms with Crippen LogP contribution >= 0.6 is 0 Å². The Balaban J connectivity index is 1.96. The van der Waals surface area contributed by atoms with Gasteiger partial charge in [-0.15, -0.1) is 0 Å². The largest absolute Gasteiger partial charge is 0.489 e. The summed E-state index contributed by atoms with van der Waals surface area (Å²) in [5, 5.41) is 0. The first-order valence-corrected chi connectivity index (χ1v) is 7.50. The molecule has 0 saturated heterocycles. The van der Waals surface area contributed by atoms with Gasteiger partial charge in [-0.1, -0.05) is 49.7 Å². The molecular formula is C19H22O3. The van der Waals surface area contributed by atoms with Gasteiger partial charge in [0.15, 0.2) is 0 Å². The van der Waals surface area contributed by atoms with Crippen LogP contribution in [-0.2, 0) is 11.3 Å². The van der Waals surface area contributed by atoms with Crippen LogP contribution in [0.25, 0.3) is 0 Å². The van der Waals surface area contributed by atoms with Crippen molar-refractivity contribution in [3.8, 4) is 5.75 Å². The molecule has 0 heterocycles. The monoisotopic (exact) mass is 298 g/mol. The lowest BCUT2D eigenvalue weighted by molar-refractivity contribution is 0.0458. The second kappa shape index (κ2) is 7.64. The molecule has 3 heteroatoms. The molecule has 0 unspecified atom stereocenters. The average Bonchev–Trinajstić information content (AvgIpc) is 2.52. The van der Waals surface area contributed by atoms with Crippen molar-refractivity contribution >= 4 is 5.97 Å². The maximum atomic E-state index is 11.9. The van der Waals surface area contributed by atoms with Crippen LogP contribution in [0, 0.1) is 12.8 Å². The SMILES string of the molecule is Cc1ccc(COc2cccc(C(=O)OCC(C)C)c2)cc1. The number of carbonyl (C=O) groups is 1. The molecule has 0 radical (unpaired) electrons. The van der Waals surface area contributed by atoms with Crippen molar-refractivity contribution in [3.63, 3.8) is 0 Å². The predicted octanol–water partition coefficient (Wildman–Crippen LogP) is 4.39. The molecule has 22 heavy (non-hydrogen) atoms. The summed E-state index contributed by atoms with van der Waals surface area (Å²) in [5.41, 5.74) is 2.83. The topological polar surface area (TPSA) is 35.5 Å². The van der Waals surface area contributed by atoms with Crippen LogP contribution in [0.4, 0.5) is 0 Å². The van der Waals surface area contributed by atoms with E-state index in [-0.39, 0.29) is 5.97 Å². The standard InChI is InChI=1S/C19H22O3/c1-14(2)12-22-19(20)17-5-4-6-18(11-17)21-13-16-9-7-15(3)8-10-16/h4-11,14H,12-13H2,1-3H3. The number of carbonyl (C=O) groups excluding carboxylic acids is 1. The second-order valence-electron chi connectivity index (χ2n) is 5.79. The van der Waals surface area contributed by atoms with Crippen LogP contribution in [0.2, 0.25) is 0 Å². The quantitative estimate of drug-likeness (QED) is 0.742. The molecule has 2 aromatic rings. The van der Waals surface area contributed by atoms with E-state index in [1.807, 2.05) is 32.0 Å². The highest BCUT2D eigenvalue weighted by molar-refractivity contribution is 5.89. The summed E-state index contributed by atoms with van der Waals surface area (Å²) in [6, 6.07) is 15.3. The van der Waals surface area contributed by atoms with E-state index in [2.05, 4.69) is 19.1 Å². The highest BCUT2D eigenvalue weighted by atomic mass is 16.5. The molecule has 0 saturated carbocycles. The Labute approximate surface area is 131 Å². The number of benzene rings is 2. The molecular weight excluding hydrogens is 276 g/mol. The molecule has 2 rings (SSSR count). The van der Waals surface area contributed by atoms with Gasteiger partial charge in [0, 0.05) is 0 Å². The summed E-state index contributed by atoms with van der Waals surface area (Å²) in [5.74, 6) is 0.680. The lowest BCUT2D eigenvalue weighted by Gasteiger charge is -2.10. The minimum Gasteiger partial charge on any atom is -0.489 e. The molecule has 0 aliphatic carbocycles. The van der Waals surface area contributed by atoms with Gasteiger partial charge in [0.05, 0.1) is 12.2 Å². The van der Waals surface area contributed by atoms with Gasteiger partial charge in [0.2, 0.25) is 0 Å². The molecule has 0 spiro atoms. The molecule has 2 aromatic carbocycles. The molecule has 0 aliphatic heterocycles. The first-order chi connectivity index (χ1) is 10.5. The third-order valence-corrected chi connectivity index (χ3v) is 3.14. The normalized spacial score (nSPS) is 10.5. The molecule has 0 aromatic heterocycles. The maximum Gasteiger partial charge on any atom is 0.338 e. The van der Waals surface area contributed by atoms with Crippen LogP contribution < -0.4 is 4.74 Å². The summed E-state index contributed by atoms with van der Waals surface area (Å²) < 4.78 is 11.0. The number of hydrogen-bond donors (Lipinski definition) is 0. The van der Waals surface area contributed by atoms with Crippen LogP contribution in [-0.4, -0.2) is 12.6 Å². The molecule has 0 amide bonds. The van der Waals surface area contributed by atoms with Gasteiger partial charge in [-0.05, 0) is 36.6 Å². The summed E-state index contributed by atoms with van der Waals surface area (Å²) in [6.07, 6.45) is 0. The third-order valence-electron chi connectivity index (χ3n) is 3.14. The van der Waals surface area contributed by atoms with Crippen molar-refractivity contribution in [2.75, 3.05) is 6.61 Å². The van der Waals surface area contributed by atoms with Gasteiger partial charge in [0.25, 0.3) is 0 Å². The second-order valence-corrected chi connectivity index (χ2v) is 5.79. The fourth-order valence-electron chi connectivity index (χ4n) is 1.89. The fraction of sp³-hybridized carbons (Fsp3) is 0.316. The van der Waals surface area contributed by atoms with Crippen LogP contribution in [0.5, 0.6) is 5.75 Å². The number of esters is 1. The zero-order chi connectivity index (χ0) is 15.9. The Morgan fingerprint density at radius 3 is 2.50 bits per heavy atom. The smallest absolute Gasteiger partial charge is 0.338 e. The Bertz CT molecular complexity index is 615.